The molecular formula is C19H21NO5. The van der Waals surface area contributed by atoms with Crippen LogP contribution in [-0.4, -0.2) is 30.2 Å². The predicted octanol–water partition coefficient (Wildman–Crippen LogP) is 3.04. The van der Waals surface area contributed by atoms with Gasteiger partial charge in [0.2, 0.25) is 0 Å². The number of nitrogens with one attached hydrogen (secondary N) is 1. The van der Waals surface area contributed by atoms with Gasteiger partial charge in [0.05, 0.1) is 12.6 Å². The van der Waals surface area contributed by atoms with E-state index < -0.39 is 12.6 Å². The first-order chi connectivity index (χ1) is 12.0. The van der Waals surface area contributed by atoms with Crippen molar-refractivity contribution >= 4 is 11.9 Å². The van der Waals surface area contributed by atoms with Crippen molar-refractivity contribution in [2.45, 2.75) is 19.9 Å². The second-order valence-electron chi connectivity index (χ2n) is 5.38. The Morgan fingerprint density at radius 3 is 2.44 bits per heavy atom. The highest BCUT2D eigenvalue weighted by molar-refractivity contribution is 5.95. The van der Waals surface area contributed by atoms with E-state index in [9.17, 15) is 9.59 Å². The highest BCUT2D eigenvalue weighted by atomic mass is 16.5. The van der Waals surface area contributed by atoms with Gasteiger partial charge >= 0.3 is 5.97 Å². The second kappa shape index (κ2) is 8.73. The molecule has 0 aliphatic carbocycles. The molecule has 0 aromatic heterocycles. The zero-order chi connectivity index (χ0) is 18.2. The topological polar surface area (TPSA) is 84.9 Å². The van der Waals surface area contributed by atoms with E-state index in [2.05, 4.69) is 5.32 Å². The van der Waals surface area contributed by atoms with E-state index in [1.165, 1.54) is 6.07 Å². The Labute approximate surface area is 146 Å². The number of carboxylic acid groups (broad SMARTS) is 1. The number of aliphatic carboxylic acids is 1. The molecule has 2 aromatic carbocycles. The van der Waals surface area contributed by atoms with E-state index in [-0.39, 0.29) is 17.7 Å². The molecule has 2 N–H and O–H groups in total. The van der Waals surface area contributed by atoms with Crippen LogP contribution in [0.25, 0.3) is 0 Å². The van der Waals surface area contributed by atoms with Crippen molar-refractivity contribution < 1.29 is 24.2 Å². The van der Waals surface area contributed by atoms with Gasteiger partial charge in [0.15, 0.2) is 18.1 Å². The minimum atomic E-state index is -1.08. The van der Waals surface area contributed by atoms with Crippen LogP contribution in [0.1, 0.15) is 35.8 Å². The van der Waals surface area contributed by atoms with Crippen molar-refractivity contribution in [3.8, 4) is 11.5 Å². The third-order valence-electron chi connectivity index (χ3n) is 3.50. The lowest BCUT2D eigenvalue weighted by Gasteiger charge is -2.16. The molecule has 6 heteroatoms. The quantitative estimate of drug-likeness (QED) is 0.769. The maximum Gasteiger partial charge on any atom is 0.341 e. The lowest BCUT2D eigenvalue weighted by Crippen LogP contribution is -2.26. The fourth-order valence-corrected chi connectivity index (χ4v) is 2.28. The number of benzene rings is 2. The lowest BCUT2D eigenvalue weighted by molar-refractivity contribution is -0.139. The normalized spacial score (nSPS) is 11.4. The molecule has 1 amide bonds. The van der Waals surface area contributed by atoms with Crippen LogP contribution in [-0.2, 0) is 4.79 Å². The zero-order valence-corrected chi connectivity index (χ0v) is 14.2. The molecule has 0 saturated heterocycles. The summed E-state index contributed by atoms with van der Waals surface area (Å²) in [5, 5.41) is 11.6. The molecule has 25 heavy (non-hydrogen) atoms. The summed E-state index contributed by atoms with van der Waals surface area (Å²) >= 11 is 0. The molecule has 0 aliphatic rings. The van der Waals surface area contributed by atoms with Crippen molar-refractivity contribution in [1.82, 2.24) is 5.32 Å². The number of carboxylic acids is 1. The van der Waals surface area contributed by atoms with E-state index in [1.807, 2.05) is 37.3 Å². The molecule has 2 aromatic rings. The van der Waals surface area contributed by atoms with Crippen LogP contribution in [0.5, 0.6) is 11.5 Å². The SMILES string of the molecule is CCOc1cc(C(=O)NC(C)c2ccccc2)ccc1OCC(=O)O. The number of carbonyl (C=O) groups excluding carboxylic acids is 1. The Morgan fingerprint density at radius 1 is 1.08 bits per heavy atom. The van der Waals surface area contributed by atoms with Crippen molar-refractivity contribution in [3.05, 3.63) is 59.7 Å². The molecule has 0 bridgehead atoms. The van der Waals surface area contributed by atoms with E-state index in [0.29, 0.717) is 17.9 Å². The van der Waals surface area contributed by atoms with E-state index in [0.717, 1.165) is 5.56 Å². The first kappa shape index (κ1) is 18.3. The molecule has 6 nitrogen and oxygen atoms in total. The summed E-state index contributed by atoms with van der Waals surface area (Å²) in [7, 11) is 0. The van der Waals surface area contributed by atoms with Crippen LogP contribution in [0.15, 0.2) is 48.5 Å². The summed E-state index contributed by atoms with van der Waals surface area (Å²) < 4.78 is 10.6. The number of ether oxygens (including phenoxy) is 2. The van der Waals surface area contributed by atoms with Crippen molar-refractivity contribution in [1.29, 1.82) is 0 Å². The Morgan fingerprint density at radius 2 is 1.80 bits per heavy atom. The van der Waals surface area contributed by atoms with E-state index in [4.69, 9.17) is 14.6 Å². The van der Waals surface area contributed by atoms with Gasteiger partial charge in [0.1, 0.15) is 0 Å². The van der Waals surface area contributed by atoms with Crippen molar-refractivity contribution in [3.63, 3.8) is 0 Å². The largest absolute Gasteiger partial charge is 0.490 e. The summed E-state index contributed by atoms with van der Waals surface area (Å²) in [4.78, 5) is 23.1. The van der Waals surface area contributed by atoms with Crippen LogP contribution in [0, 0.1) is 0 Å². The van der Waals surface area contributed by atoms with Crippen LogP contribution in [0.2, 0.25) is 0 Å². The third kappa shape index (κ3) is 5.24. The molecule has 0 saturated carbocycles. The van der Waals surface area contributed by atoms with Crippen LogP contribution in [0.4, 0.5) is 0 Å². The molecule has 2 rings (SSSR count). The maximum absolute atomic E-state index is 12.5. The summed E-state index contributed by atoms with van der Waals surface area (Å²) in [5.74, 6) is -0.705. The summed E-state index contributed by atoms with van der Waals surface area (Å²) in [5.41, 5.74) is 1.41. The van der Waals surface area contributed by atoms with Gasteiger partial charge < -0.3 is 19.9 Å². The molecule has 1 atom stereocenters. The molecule has 0 heterocycles. The molecule has 0 fully saturated rings. The molecule has 0 spiro atoms. The Hall–Kier alpha value is -3.02. The van der Waals surface area contributed by atoms with E-state index in [1.54, 1.807) is 19.1 Å². The molecule has 132 valence electrons. The van der Waals surface area contributed by atoms with Gasteiger partial charge in [-0.25, -0.2) is 4.79 Å². The van der Waals surface area contributed by atoms with E-state index >= 15 is 0 Å². The summed E-state index contributed by atoms with van der Waals surface area (Å²) in [6.07, 6.45) is 0. The number of hydrogen-bond acceptors (Lipinski definition) is 4. The Bertz CT molecular complexity index is 730. The molecule has 0 aliphatic heterocycles. The summed E-state index contributed by atoms with van der Waals surface area (Å²) in [6, 6.07) is 14.2. The Balaban J connectivity index is 2.13. The minimum Gasteiger partial charge on any atom is -0.490 e. The summed E-state index contributed by atoms with van der Waals surface area (Å²) in [6.45, 7) is 3.60. The monoisotopic (exact) mass is 343 g/mol. The maximum atomic E-state index is 12.5. The highest BCUT2D eigenvalue weighted by Gasteiger charge is 2.15. The Kier molecular flexibility index (Phi) is 6.39. The first-order valence-electron chi connectivity index (χ1n) is 7.98. The van der Waals surface area contributed by atoms with Crippen LogP contribution in [0.3, 0.4) is 0 Å². The van der Waals surface area contributed by atoms with Gasteiger partial charge in [-0.15, -0.1) is 0 Å². The van der Waals surface area contributed by atoms with Crippen LogP contribution >= 0.6 is 0 Å². The van der Waals surface area contributed by atoms with Gasteiger partial charge in [0.25, 0.3) is 5.91 Å². The molecule has 0 radical (unpaired) electrons. The van der Waals surface area contributed by atoms with Gasteiger partial charge in [-0.05, 0) is 37.6 Å². The third-order valence-corrected chi connectivity index (χ3v) is 3.50. The fourth-order valence-electron chi connectivity index (χ4n) is 2.28. The van der Waals surface area contributed by atoms with Gasteiger partial charge in [-0.3, -0.25) is 4.79 Å². The van der Waals surface area contributed by atoms with Crippen molar-refractivity contribution in [2.75, 3.05) is 13.2 Å². The average Bonchev–Trinajstić information content (AvgIpc) is 2.61. The molecular weight excluding hydrogens is 322 g/mol. The molecule has 1 unspecified atom stereocenters. The van der Waals surface area contributed by atoms with Gasteiger partial charge in [0, 0.05) is 5.56 Å². The standard InChI is InChI=1S/C19H21NO5/c1-3-24-17-11-15(9-10-16(17)25-12-18(21)22)19(23)20-13(2)14-7-5-4-6-8-14/h4-11,13H,3,12H2,1-2H3,(H,20,23)(H,21,22). The zero-order valence-electron chi connectivity index (χ0n) is 14.2. The second-order valence-corrected chi connectivity index (χ2v) is 5.38. The predicted molar refractivity (Wildman–Crippen MR) is 93.1 cm³/mol. The average molecular weight is 343 g/mol. The fraction of sp³-hybridized carbons (Fsp3) is 0.263. The number of hydrogen-bond donors (Lipinski definition) is 2. The van der Waals surface area contributed by atoms with Crippen LogP contribution < -0.4 is 14.8 Å². The first-order valence-corrected chi connectivity index (χ1v) is 7.98. The lowest BCUT2D eigenvalue weighted by atomic mass is 10.1. The van der Waals surface area contributed by atoms with Gasteiger partial charge in [-0.1, -0.05) is 30.3 Å². The van der Waals surface area contributed by atoms with Gasteiger partial charge in [-0.2, -0.15) is 0 Å². The number of rotatable bonds is 8. The minimum absolute atomic E-state index is 0.146. The highest BCUT2D eigenvalue weighted by Crippen LogP contribution is 2.28. The number of amides is 1. The smallest absolute Gasteiger partial charge is 0.341 e. The van der Waals surface area contributed by atoms with Crippen molar-refractivity contribution in [2.24, 2.45) is 0 Å². The number of carbonyl (C=O) groups is 2.